The molecular weight excluding hydrogens is 306 g/mol. The number of carbonyl (C=O) groups excluding carboxylic acids is 1. The first-order valence-corrected chi connectivity index (χ1v) is 8.13. The van der Waals surface area contributed by atoms with Crippen molar-refractivity contribution in [2.75, 3.05) is 6.54 Å². The summed E-state index contributed by atoms with van der Waals surface area (Å²) < 4.78 is 5.65. The molecule has 0 unspecified atom stereocenters. The monoisotopic (exact) mass is 327 g/mol. The van der Waals surface area contributed by atoms with Gasteiger partial charge in [-0.3, -0.25) is 9.59 Å². The topological polar surface area (TPSA) is 79.5 Å². The van der Waals surface area contributed by atoms with Gasteiger partial charge in [0.15, 0.2) is 5.76 Å². The van der Waals surface area contributed by atoms with Gasteiger partial charge in [0.1, 0.15) is 5.76 Å². The van der Waals surface area contributed by atoms with Crippen LogP contribution in [-0.2, 0) is 4.79 Å². The van der Waals surface area contributed by atoms with Crippen molar-refractivity contribution in [1.29, 1.82) is 0 Å². The second-order valence-corrected chi connectivity index (χ2v) is 6.71. The zero-order valence-corrected chi connectivity index (χ0v) is 13.8. The molecule has 5 heteroatoms. The standard InChI is InChI=1S/C19H21NO4/c1-12(2)13-4-3-5-14(10-13)15-6-7-16(24-15)17(21)20-11-19(8-9-19)18(22)23/h3-7,10,12H,8-9,11H2,1-2H3,(H,20,21)(H,22,23). The zero-order chi connectivity index (χ0) is 17.3. The van der Waals surface area contributed by atoms with Gasteiger partial charge in [0.25, 0.3) is 5.91 Å². The van der Waals surface area contributed by atoms with Gasteiger partial charge in [0.2, 0.25) is 0 Å². The molecule has 5 nitrogen and oxygen atoms in total. The number of nitrogens with one attached hydrogen (secondary N) is 1. The lowest BCUT2D eigenvalue weighted by atomic mass is 10.0. The Labute approximate surface area is 140 Å². The first kappa shape index (κ1) is 16.3. The molecule has 1 aliphatic carbocycles. The van der Waals surface area contributed by atoms with Crippen molar-refractivity contribution in [3.05, 3.63) is 47.7 Å². The highest BCUT2D eigenvalue weighted by Gasteiger charge is 2.50. The van der Waals surface area contributed by atoms with E-state index in [9.17, 15) is 9.59 Å². The van der Waals surface area contributed by atoms with E-state index in [1.54, 1.807) is 12.1 Å². The van der Waals surface area contributed by atoms with E-state index in [0.717, 1.165) is 5.56 Å². The Morgan fingerprint density at radius 1 is 1.25 bits per heavy atom. The van der Waals surface area contributed by atoms with Crippen LogP contribution in [0.4, 0.5) is 0 Å². The van der Waals surface area contributed by atoms with Crippen molar-refractivity contribution in [2.24, 2.45) is 5.41 Å². The average molecular weight is 327 g/mol. The number of aliphatic carboxylic acids is 1. The van der Waals surface area contributed by atoms with Crippen LogP contribution in [0, 0.1) is 5.41 Å². The molecule has 0 atom stereocenters. The van der Waals surface area contributed by atoms with Crippen LogP contribution in [0.5, 0.6) is 0 Å². The Balaban J connectivity index is 1.70. The first-order valence-electron chi connectivity index (χ1n) is 8.13. The summed E-state index contributed by atoms with van der Waals surface area (Å²) in [5, 5.41) is 11.8. The normalized spacial score (nSPS) is 15.3. The van der Waals surface area contributed by atoms with Crippen molar-refractivity contribution in [2.45, 2.75) is 32.6 Å². The fraction of sp³-hybridized carbons (Fsp3) is 0.368. The van der Waals surface area contributed by atoms with E-state index in [2.05, 4.69) is 31.3 Å². The van der Waals surface area contributed by atoms with Crippen LogP contribution in [0.25, 0.3) is 11.3 Å². The van der Waals surface area contributed by atoms with Gasteiger partial charge in [-0.2, -0.15) is 0 Å². The van der Waals surface area contributed by atoms with Crippen molar-refractivity contribution < 1.29 is 19.1 Å². The first-order chi connectivity index (χ1) is 11.4. The summed E-state index contributed by atoms with van der Waals surface area (Å²) in [4.78, 5) is 23.3. The largest absolute Gasteiger partial charge is 0.481 e. The van der Waals surface area contributed by atoms with Crippen LogP contribution in [0.1, 0.15) is 48.7 Å². The van der Waals surface area contributed by atoms with Gasteiger partial charge >= 0.3 is 5.97 Å². The van der Waals surface area contributed by atoms with Crippen LogP contribution in [0.15, 0.2) is 40.8 Å². The van der Waals surface area contributed by atoms with Gasteiger partial charge in [-0.25, -0.2) is 0 Å². The zero-order valence-electron chi connectivity index (χ0n) is 13.8. The Hall–Kier alpha value is -2.56. The van der Waals surface area contributed by atoms with Gasteiger partial charge < -0.3 is 14.8 Å². The smallest absolute Gasteiger partial charge is 0.311 e. The number of rotatable bonds is 6. The van der Waals surface area contributed by atoms with E-state index >= 15 is 0 Å². The summed E-state index contributed by atoms with van der Waals surface area (Å²) in [6.45, 7) is 4.38. The van der Waals surface area contributed by atoms with Gasteiger partial charge in [0.05, 0.1) is 5.41 Å². The van der Waals surface area contributed by atoms with Crippen molar-refractivity contribution in [1.82, 2.24) is 5.32 Å². The summed E-state index contributed by atoms with van der Waals surface area (Å²) in [6, 6.07) is 11.4. The highest BCUT2D eigenvalue weighted by Crippen LogP contribution is 2.45. The lowest BCUT2D eigenvalue weighted by molar-refractivity contribution is -0.143. The minimum absolute atomic E-state index is 0.139. The third-order valence-corrected chi connectivity index (χ3v) is 4.56. The number of carboxylic acids is 1. The number of furan rings is 1. The van der Waals surface area contributed by atoms with Crippen molar-refractivity contribution in [3.63, 3.8) is 0 Å². The summed E-state index contributed by atoms with van der Waals surface area (Å²) in [6.07, 6.45) is 1.21. The molecule has 1 aromatic heterocycles. The average Bonchev–Trinajstić information content (AvgIpc) is 3.21. The third kappa shape index (κ3) is 3.20. The Morgan fingerprint density at radius 3 is 2.62 bits per heavy atom. The summed E-state index contributed by atoms with van der Waals surface area (Å²) in [7, 11) is 0. The van der Waals surface area contributed by atoms with Crippen molar-refractivity contribution >= 4 is 11.9 Å². The van der Waals surface area contributed by atoms with E-state index in [4.69, 9.17) is 9.52 Å². The highest BCUT2D eigenvalue weighted by molar-refractivity contribution is 5.92. The van der Waals surface area contributed by atoms with E-state index < -0.39 is 11.4 Å². The second-order valence-electron chi connectivity index (χ2n) is 6.71. The molecule has 1 amide bonds. The molecule has 0 radical (unpaired) electrons. The van der Waals surface area contributed by atoms with Gasteiger partial charge in [-0.15, -0.1) is 0 Å². The fourth-order valence-corrected chi connectivity index (χ4v) is 2.62. The lowest BCUT2D eigenvalue weighted by Gasteiger charge is -2.10. The third-order valence-electron chi connectivity index (χ3n) is 4.56. The van der Waals surface area contributed by atoms with Crippen molar-refractivity contribution in [3.8, 4) is 11.3 Å². The minimum atomic E-state index is -0.853. The maximum Gasteiger partial charge on any atom is 0.311 e. The molecule has 2 N–H and O–H groups in total. The second kappa shape index (κ2) is 6.15. The lowest BCUT2D eigenvalue weighted by Crippen LogP contribution is -2.34. The molecule has 1 aromatic carbocycles. The maximum absolute atomic E-state index is 12.2. The van der Waals surface area contributed by atoms with E-state index in [1.807, 2.05) is 12.1 Å². The van der Waals surface area contributed by atoms with Crippen LogP contribution >= 0.6 is 0 Å². The molecule has 0 bridgehead atoms. The molecule has 2 aromatic rings. The number of hydrogen-bond donors (Lipinski definition) is 2. The Bertz CT molecular complexity index is 771. The van der Waals surface area contributed by atoms with Gasteiger partial charge in [0, 0.05) is 12.1 Å². The van der Waals surface area contributed by atoms with Gasteiger partial charge in [-0.05, 0) is 42.5 Å². The molecule has 3 rings (SSSR count). The summed E-state index contributed by atoms with van der Waals surface area (Å²) in [5.41, 5.74) is 1.34. The quantitative estimate of drug-likeness (QED) is 0.848. The Morgan fingerprint density at radius 2 is 2.00 bits per heavy atom. The summed E-state index contributed by atoms with van der Waals surface area (Å²) in [5.74, 6) is -0.00110. The van der Waals surface area contributed by atoms with Crippen LogP contribution in [0.2, 0.25) is 0 Å². The highest BCUT2D eigenvalue weighted by atomic mass is 16.4. The molecule has 1 fully saturated rings. The molecule has 0 spiro atoms. The molecular formula is C19H21NO4. The molecule has 1 heterocycles. The number of hydrogen-bond acceptors (Lipinski definition) is 3. The Kier molecular flexibility index (Phi) is 4.18. The SMILES string of the molecule is CC(C)c1cccc(-c2ccc(C(=O)NCC3(C(=O)O)CC3)o2)c1. The molecule has 1 saturated carbocycles. The summed E-state index contributed by atoms with van der Waals surface area (Å²) >= 11 is 0. The molecule has 0 saturated heterocycles. The predicted octanol–water partition coefficient (Wildman–Crippen LogP) is 3.66. The fourth-order valence-electron chi connectivity index (χ4n) is 2.62. The predicted molar refractivity (Wildman–Crippen MR) is 89.9 cm³/mol. The number of amides is 1. The maximum atomic E-state index is 12.2. The van der Waals surface area contributed by atoms with E-state index in [-0.39, 0.29) is 18.2 Å². The number of carboxylic acid groups (broad SMARTS) is 1. The molecule has 126 valence electrons. The number of carbonyl (C=O) groups is 2. The van der Waals surface area contributed by atoms with Crippen LogP contribution in [-0.4, -0.2) is 23.5 Å². The molecule has 0 aliphatic heterocycles. The van der Waals surface area contributed by atoms with E-state index in [1.165, 1.54) is 5.56 Å². The van der Waals surface area contributed by atoms with Crippen LogP contribution < -0.4 is 5.32 Å². The van der Waals surface area contributed by atoms with Crippen LogP contribution in [0.3, 0.4) is 0 Å². The molecule has 1 aliphatic rings. The molecule has 24 heavy (non-hydrogen) atoms. The van der Waals surface area contributed by atoms with Gasteiger partial charge in [-0.1, -0.05) is 32.0 Å². The number of benzene rings is 1. The minimum Gasteiger partial charge on any atom is -0.481 e. The van der Waals surface area contributed by atoms with E-state index in [0.29, 0.717) is 24.5 Å².